The van der Waals surface area contributed by atoms with E-state index in [1.54, 1.807) is 12.1 Å². The molecule has 2 atom stereocenters. The molecule has 0 radical (unpaired) electrons. The molecule has 1 amide bonds. The number of rotatable bonds is 4. The second kappa shape index (κ2) is 7.02. The molecule has 1 aliphatic carbocycles. The summed E-state index contributed by atoms with van der Waals surface area (Å²) < 4.78 is 19.6. The van der Waals surface area contributed by atoms with Gasteiger partial charge >= 0.3 is 0 Å². The average Bonchev–Trinajstić information content (AvgIpc) is 2.99. The van der Waals surface area contributed by atoms with Crippen LogP contribution >= 0.6 is 0 Å². The number of nitrogens with zero attached hydrogens (tertiary/aromatic N) is 2. The second-order valence-corrected chi connectivity index (χ2v) is 7.52. The van der Waals surface area contributed by atoms with Gasteiger partial charge in [-0.15, -0.1) is 0 Å². The molecule has 6 heteroatoms. The molecule has 2 heterocycles. The quantitative estimate of drug-likeness (QED) is 0.894. The van der Waals surface area contributed by atoms with E-state index in [2.05, 4.69) is 4.90 Å². The molecular weight excluding hydrogens is 323 g/mol. The molecule has 1 N–H and O–H groups in total. The van der Waals surface area contributed by atoms with Gasteiger partial charge in [0.1, 0.15) is 5.82 Å². The molecule has 0 unspecified atom stereocenters. The van der Waals surface area contributed by atoms with E-state index in [9.17, 15) is 14.3 Å². The second-order valence-electron chi connectivity index (χ2n) is 7.52. The fourth-order valence-electron chi connectivity index (χ4n) is 4.19. The Kier molecular flexibility index (Phi) is 4.75. The van der Waals surface area contributed by atoms with Gasteiger partial charge in [0.05, 0.1) is 18.8 Å². The smallest absolute Gasteiger partial charge is 0.225 e. The van der Waals surface area contributed by atoms with Gasteiger partial charge in [-0.3, -0.25) is 9.69 Å². The maximum Gasteiger partial charge on any atom is 0.225 e. The van der Waals surface area contributed by atoms with Gasteiger partial charge in [-0.05, 0) is 25.3 Å². The predicted molar refractivity (Wildman–Crippen MR) is 90.3 cm³/mol. The van der Waals surface area contributed by atoms with Crippen LogP contribution < -0.4 is 0 Å². The number of carbonyl (C=O) groups is 1. The molecule has 1 aromatic rings. The zero-order chi connectivity index (χ0) is 17.4. The van der Waals surface area contributed by atoms with Crippen LogP contribution in [0.15, 0.2) is 24.3 Å². The van der Waals surface area contributed by atoms with E-state index in [-0.39, 0.29) is 29.9 Å². The van der Waals surface area contributed by atoms with Gasteiger partial charge in [0, 0.05) is 43.7 Å². The molecule has 1 saturated carbocycles. The van der Waals surface area contributed by atoms with Crippen molar-refractivity contribution in [3.05, 3.63) is 35.6 Å². The van der Waals surface area contributed by atoms with Gasteiger partial charge in [-0.2, -0.15) is 0 Å². The molecule has 2 saturated heterocycles. The standard InChI is InChI=1S/C19H25FN2O3/c20-18-4-2-1-3-13(18)12-25-17-9-15-10-22(6-5-21(15)11-17)19(24)14-7-16(23)8-14/h1-4,14-17,23H,5-12H2/t14?,15-,16?,17-/m1/s1. The van der Waals surface area contributed by atoms with Crippen molar-refractivity contribution in [1.82, 2.24) is 9.80 Å². The topological polar surface area (TPSA) is 53.0 Å². The lowest BCUT2D eigenvalue weighted by molar-refractivity contribution is -0.144. The first-order valence-electron chi connectivity index (χ1n) is 9.16. The SMILES string of the molecule is O=C(C1CC(O)C1)N1CCN2C[C@H](OCc3ccccc3F)C[C@@H]2C1. The van der Waals surface area contributed by atoms with Crippen LogP contribution in [0.3, 0.4) is 0 Å². The lowest BCUT2D eigenvalue weighted by atomic mass is 9.81. The highest BCUT2D eigenvalue weighted by Crippen LogP contribution is 2.31. The predicted octanol–water partition coefficient (Wildman–Crippen LogP) is 1.40. The fourth-order valence-corrected chi connectivity index (χ4v) is 4.19. The first-order valence-corrected chi connectivity index (χ1v) is 9.16. The van der Waals surface area contributed by atoms with Gasteiger partial charge in [-0.1, -0.05) is 18.2 Å². The number of benzene rings is 1. The van der Waals surface area contributed by atoms with Crippen molar-refractivity contribution in [2.45, 2.75) is 44.1 Å². The average molecular weight is 348 g/mol. The first-order chi connectivity index (χ1) is 12.1. The van der Waals surface area contributed by atoms with Crippen LogP contribution in [-0.2, 0) is 16.1 Å². The summed E-state index contributed by atoms with van der Waals surface area (Å²) in [6.45, 7) is 3.50. The largest absolute Gasteiger partial charge is 0.393 e. The van der Waals surface area contributed by atoms with E-state index >= 15 is 0 Å². The maximum absolute atomic E-state index is 13.7. The number of aliphatic hydroxyl groups is 1. The number of aliphatic hydroxyl groups excluding tert-OH is 1. The summed E-state index contributed by atoms with van der Waals surface area (Å²) in [5.41, 5.74) is 0.590. The minimum absolute atomic E-state index is 0.0102. The van der Waals surface area contributed by atoms with E-state index in [0.29, 0.717) is 31.1 Å². The van der Waals surface area contributed by atoms with Gasteiger partial charge in [0.15, 0.2) is 0 Å². The van der Waals surface area contributed by atoms with E-state index in [0.717, 1.165) is 32.6 Å². The highest BCUT2D eigenvalue weighted by molar-refractivity contribution is 5.80. The van der Waals surface area contributed by atoms with Crippen molar-refractivity contribution >= 4 is 5.91 Å². The van der Waals surface area contributed by atoms with Crippen molar-refractivity contribution in [3.8, 4) is 0 Å². The number of piperazine rings is 1. The zero-order valence-electron chi connectivity index (χ0n) is 14.3. The molecule has 25 heavy (non-hydrogen) atoms. The van der Waals surface area contributed by atoms with E-state index < -0.39 is 0 Å². The lowest BCUT2D eigenvalue weighted by Gasteiger charge is -2.41. The molecule has 136 valence electrons. The Bertz CT molecular complexity index is 635. The molecule has 3 aliphatic rings. The highest BCUT2D eigenvalue weighted by atomic mass is 19.1. The van der Waals surface area contributed by atoms with Gasteiger partial charge < -0.3 is 14.7 Å². The Balaban J connectivity index is 1.28. The number of hydrogen-bond acceptors (Lipinski definition) is 4. The molecule has 5 nitrogen and oxygen atoms in total. The first kappa shape index (κ1) is 16.9. The van der Waals surface area contributed by atoms with Crippen LogP contribution in [0.4, 0.5) is 4.39 Å². The highest BCUT2D eigenvalue weighted by Gasteiger charge is 2.41. The number of carbonyl (C=O) groups excluding carboxylic acids is 1. The molecule has 1 aromatic carbocycles. The van der Waals surface area contributed by atoms with Crippen LogP contribution in [-0.4, -0.2) is 65.2 Å². The van der Waals surface area contributed by atoms with Crippen molar-refractivity contribution < 1.29 is 19.0 Å². The van der Waals surface area contributed by atoms with E-state index in [1.807, 2.05) is 11.0 Å². The Labute approximate surface area is 147 Å². The fraction of sp³-hybridized carbons (Fsp3) is 0.632. The third kappa shape index (κ3) is 3.57. The minimum atomic E-state index is -0.294. The molecule has 0 aromatic heterocycles. The summed E-state index contributed by atoms with van der Waals surface area (Å²) in [4.78, 5) is 16.8. The minimum Gasteiger partial charge on any atom is -0.393 e. The van der Waals surface area contributed by atoms with Crippen molar-refractivity contribution in [3.63, 3.8) is 0 Å². The molecule has 3 fully saturated rings. The van der Waals surface area contributed by atoms with Crippen LogP contribution in [0.25, 0.3) is 0 Å². The third-order valence-electron chi connectivity index (χ3n) is 5.78. The maximum atomic E-state index is 13.7. The van der Waals surface area contributed by atoms with Crippen LogP contribution in [0.5, 0.6) is 0 Å². The Morgan fingerprint density at radius 1 is 1.20 bits per heavy atom. The van der Waals surface area contributed by atoms with Crippen molar-refractivity contribution in [2.75, 3.05) is 26.2 Å². The summed E-state index contributed by atoms with van der Waals surface area (Å²) in [5.74, 6) is -0.0191. The number of fused-ring (bicyclic) bond motifs is 1. The molecular formula is C19H25FN2O3. The number of ether oxygens (including phenoxy) is 1. The van der Waals surface area contributed by atoms with Gasteiger partial charge in [0.2, 0.25) is 5.91 Å². The monoisotopic (exact) mass is 348 g/mol. The Morgan fingerprint density at radius 3 is 2.76 bits per heavy atom. The Hall–Kier alpha value is -1.50. The van der Waals surface area contributed by atoms with Crippen LogP contribution in [0, 0.1) is 11.7 Å². The zero-order valence-corrected chi connectivity index (χ0v) is 14.3. The van der Waals surface area contributed by atoms with Crippen LogP contribution in [0.1, 0.15) is 24.8 Å². The molecule has 2 aliphatic heterocycles. The van der Waals surface area contributed by atoms with Crippen molar-refractivity contribution in [2.24, 2.45) is 5.92 Å². The number of halogens is 1. The van der Waals surface area contributed by atoms with Crippen molar-refractivity contribution in [1.29, 1.82) is 0 Å². The summed E-state index contributed by atoms with van der Waals surface area (Å²) in [6, 6.07) is 7.04. The van der Waals surface area contributed by atoms with E-state index in [4.69, 9.17) is 4.74 Å². The number of hydrogen-bond donors (Lipinski definition) is 1. The molecule has 4 rings (SSSR count). The normalized spacial score (nSPS) is 32.3. The number of amides is 1. The van der Waals surface area contributed by atoms with Gasteiger partial charge in [-0.25, -0.2) is 4.39 Å². The molecule has 0 bridgehead atoms. The summed E-state index contributed by atoms with van der Waals surface area (Å²) in [7, 11) is 0. The summed E-state index contributed by atoms with van der Waals surface area (Å²) in [6.07, 6.45) is 1.89. The van der Waals surface area contributed by atoms with Gasteiger partial charge in [0.25, 0.3) is 0 Å². The molecule has 0 spiro atoms. The lowest BCUT2D eigenvalue weighted by Crippen LogP contribution is -2.55. The Morgan fingerprint density at radius 2 is 2.00 bits per heavy atom. The van der Waals surface area contributed by atoms with Crippen LogP contribution in [0.2, 0.25) is 0 Å². The summed E-state index contributed by atoms with van der Waals surface area (Å²) in [5, 5.41) is 9.40. The van der Waals surface area contributed by atoms with E-state index in [1.165, 1.54) is 6.07 Å². The summed E-state index contributed by atoms with van der Waals surface area (Å²) >= 11 is 0. The third-order valence-corrected chi connectivity index (χ3v) is 5.78.